The Balaban J connectivity index is 1.60. The first kappa shape index (κ1) is 21.4. The molecule has 9 heteroatoms. The molecule has 0 fully saturated rings. The smallest absolute Gasteiger partial charge is 0.262 e. The highest BCUT2D eigenvalue weighted by Gasteiger charge is 2.15. The summed E-state index contributed by atoms with van der Waals surface area (Å²) in [6, 6.07) is 18.3. The van der Waals surface area contributed by atoms with Crippen molar-refractivity contribution in [3.05, 3.63) is 92.8 Å². The van der Waals surface area contributed by atoms with E-state index in [1.54, 1.807) is 22.8 Å². The van der Waals surface area contributed by atoms with E-state index in [0.717, 1.165) is 5.56 Å². The second-order valence-electron chi connectivity index (χ2n) is 6.61. The Bertz CT molecular complexity index is 1310. The Morgan fingerprint density at radius 2 is 1.81 bits per heavy atom. The van der Waals surface area contributed by atoms with E-state index in [-0.39, 0.29) is 28.1 Å². The van der Waals surface area contributed by atoms with Gasteiger partial charge >= 0.3 is 0 Å². The standard InChI is InChI=1S/C22H16Cl2N4O2S/c23-15-10-17(24)20(25-11-15)27-19(29)13-31-22-26-18-9-5-4-8-16(18)21(30)28(22)12-14-6-2-1-3-7-14/h1-11H,12-13H2,(H,25,27,29). The van der Waals surface area contributed by atoms with Crippen LogP contribution >= 0.6 is 35.0 Å². The van der Waals surface area contributed by atoms with Crippen LogP contribution in [0.5, 0.6) is 0 Å². The molecule has 0 aliphatic carbocycles. The minimum atomic E-state index is -0.324. The van der Waals surface area contributed by atoms with E-state index in [1.807, 2.05) is 36.4 Å². The highest BCUT2D eigenvalue weighted by atomic mass is 35.5. The zero-order chi connectivity index (χ0) is 21.8. The van der Waals surface area contributed by atoms with Crippen molar-refractivity contribution in [2.75, 3.05) is 11.1 Å². The maximum Gasteiger partial charge on any atom is 0.262 e. The van der Waals surface area contributed by atoms with Gasteiger partial charge in [0, 0.05) is 6.20 Å². The van der Waals surface area contributed by atoms with Gasteiger partial charge in [-0.3, -0.25) is 14.2 Å². The molecule has 0 unspecified atom stereocenters. The van der Waals surface area contributed by atoms with Gasteiger partial charge in [-0.1, -0.05) is 77.4 Å². The number of thioether (sulfide) groups is 1. The number of carbonyl (C=O) groups excluding carboxylic acids is 1. The van der Waals surface area contributed by atoms with Crippen LogP contribution in [0.3, 0.4) is 0 Å². The van der Waals surface area contributed by atoms with Gasteiger partial charge in [-0.2, -0.15) is 0 Å². The van der Waals surface area contributed by atoms with E-state index in [0.29, 0.717) is 27.6 Å². The van der Waals surface area contributed by atoms with Crippen LogP contribution in [-0.2, 0) is 11.3 Å². The monoisotopic (exact) mass is 470 g/mol. The molecule has 0 radical (unpaired) electrons. The number of aromatic nitrogens is 3. The van der Waals surface area contributed by atoms with Crippen molar-refractivity contribution in [1.82, 2.24) is 14.5 Å². The van der Waals surface area contributed by atoms with Crippen molar-refractivity contribution in [2.45, 2.75) is 11.7 Å². The SMILES string of the molecule is O=C(CSc1nc2ccccc2c(=O)n1Cc1ccccc1)Nc1ncc(Cl)cc1Cl. The number of fused-ring (bicyclic) bond motifs is 1. The lowest BCUT2D eigenvalue weighted by molar-refractivity contribution is -0.113. The fourth-order valence-electron chi connectivity index (χ4n) is 2.97. The maximum absolute atomic E-state index is 13.1. The second-order valence-corrected chi connectivity index (χ2v) is 8.40. The number of nitrogens with zero attached hydrogens (tertiary/aromatic N) is 3. The van der Waals surface area contributed by atoms with Gasteiger partial charge in [0.15, 0.2) is 11.0 Å². The number of anilines is 1. The van der Waals surface area contributed by atoms with Gasteiger partial charge in [0.1, 0.15) is 0 Å². The zero-order valence-corrected chi connectivity index (χ0v) is 18.4. The summed E-state index contributed by atoms with van der Waals surface area (Å²) >= 11 is 13.1. The number of rotatable bonds is 6. The number of amides is 1. The summed E-state index contributed by atoms with van der Waals surface area (Å²) in [6.07, 6.45) is 1.40. The Labute approximate surface area is 192 Å². The third kappa shape index (κ3) is 5.07. The molecular formula is C22H16Cl2N4O2S. The molecule has 31 heavy (non-hydrogen) atoms. The van der Waals surface area contributed by atoms with Crippen LogP contribution < -0.4 is 10.9 Å². The molecule has 0 aliphatic rings. The van der Waals surface area contributed by atoms with E-state index in [4.69, 9.17) is 23.2 Å². The molecule has 0 atom stereocenters. The summed E-state index contributed by atoms with van der Waals surface area (Å²) < 4.78 is 1.59. The molecule has 0 spiro atoms. The number of carbonyl (C=O) groups is 1. The maximum atomic E-state index is 13.1. The molecule has 0 bridgehead atoms. The van der Waals surface area contributed by atoms with Crippen molar-refractivity contribution in [3.8, 4) is 0 Å². The van der Waals surface area contributed by atoms with Gasteiger partial charge in [-0.05, 0) is 23.8 Å². The van der Waals surface area contributed by atoms with Crippen LogP contribution in [0.1, 0.15) is 5.56 Å². The molecule has 0 saturated carbocycles. The van der Waals surface area contributed by atoms with Crippen molar-refractivity contribution in [2.24, 2.45) is 0 Å². The topological polar surface area (TPSA) is 76.9 Å². The minimum Gasteiger partial charge on any atom is -0.309 e. The molecule has 4 rings (SSSR count). The van der Waals surface area contributed by atoms with Gasteiger partial charge < -0.3 is 5.32 Å². The number of hydrogen-bond donors (Lipinski definition) is 1. The summed E-state index contributed by atoms with van der Waals surface area (Å²) in [5, 5.41) is 4.26. The Morgan fingerprint density at radius 1 is 1.06 bits per heavy atom. The van der Waals surface area contributed by atoms with Gasteiger partial charge in [0.2, 0.25) is 5.91 Å². The lowest BCUT2D eigenvalue weighted by Crippen LogP contribution is -2.25. The number of pyridine rings is 1. The first-order valence-electron chi connectivity index (χ1n) is 9.28. The molecule has 0 aliphatic heterocycles. The lowest BCUT2D eigenvalue weighted by atomic mass is 10.2. The quantitative estimate of drug-likeness (QED) is 0.321. The Hall–Kier alpha value is -2.87. The van der Waals surface area contributed by atoms with Gasteiger partial charge in [0.25, 0.3) is 5.56 Å². The van der Waals surface area contributed by atoms with Crippen LogP contribution in [0.25, 0.3) is 10.9 Å². The summed E-state index contributed by atoms with van der Waals surface area (Å²) in [7, 11) is 0. The van der Waals surface area contributed by atoms with E-state index in [1.165, 1.54) is 24.0 Å². The third-order valence-corrected chi connectivity index (χ3v) is 5.88. The molecule has 2 heterocycles. The lowest BCUT2D eigenvalue weighted by Gasteiger charge is -2.13. The minimum absolute atomic E-state index is 0.0280. The van der Waals surface area contributed by atoms with Crippen LogP contribution in [0.2, 0.25) is 10.0 Å². The summed E-state index contributed by atoms with van der Waals surface area (Å²) in [4.78, 5) is 34.2. The van der Waals surface area contributed by atoms with Gasteiger partial charge in [0.05, 0.1) is 33.2 Å². The Kier molecular flexibility index (Phi) is 6.56. The van der Waals surface area contributed by atoms with Crippen molar-refractivity contribution in [3.63, 3.8) is 0 Å². The summed E-state index contributed by atoms with van der Waals surface area (Å²) in [6.45, 7) is 0.353. The second kappa shape index (κ2) is 9.51. The molecule has 4 aromatic rings. The number of para-hydroxylation sites is 1. The predicted molar refractivity (Wildman–Crippen MR) is 125 cm³/mol. The molecule has 1 N–H and O–H groups in total. The summed E-state index contributed by atoms with van der Waals surface area (Å²) in [5.41, 5.74) is 1.40. The first-order valence-corrected chi connectivity index (χ1v) is 11.0. The van der Waals surface area contributed by atoms with Crippen molar-refractivity contribution in [1.29, 1.82) is 0 Å². The van der Waals surface area contributed by atoms with E-state index < -0.39 is 0 Å². The van der Waals surface area contributed by atoms with Crippen LogP contribution in [0.15, 0.2) is 76.8 Å². The van der Waals surface area contributed by atoms with Gasteiger partial charge in [-0.15, -0.1) is 0 Å². The number of nitrogens with one attached hydrogen (secondary N) is 1. The highest BCUT2D eigenvalue weighted by Crippen LogP contribution is 2.24. The number of halogens is 2. The third-order valence-electron chi connectivity index (χ3n) is 4.41. The first-order chi connectivity index (χ1) is 15.0. The highest BCUT2D eigenvalue weighted by molar-refractivity contribution is 7.99. The average molecular weight is 471 g/mol. The van der Waals surface area contributed by atoms with E-state index >= 15 is 0 Å². The molecule has 156 valence electrons. The van der Waals surface area contributed by atoms with Crippen LogP contribution in [-0.4, -0.2) is 26.2 Å². The molecule has 6 nitrogen and oxygen atoms in total. The van der Waals surface area contributed by atoms with Crippen LogP contribution in [0.4, 0.5) is 5.82 Å². The Morgan fingerprint density at radius 3 is 2.58 bits per heavy atom. The molecule has 0 saturated heterocycles. The largest absolute Gasteiger partial charge is 0.309 e. The summed E-state index contributed by atoms with van der Waals surface area (Å²) in [5.74, 6) is -0.0691. The molecule has 2 aromatic heterocycles. The number of benzene rings is 2. The van der Waals surface area contributed by atoms with E-state index in [2.05, 4.69) is 15.3 Å². The fourth-order valence-corrected chi connectivity index (χ4v) is 4.19. The normalized spacial score (nSPS) is 10.9. The van der Waals surface area contributed by atoms with E-state index in [9.17, 15) is 9.59 Å². The van der Waals surface area contributed by atoms with Crippen molar-refractivity contribution < 1.29 is 4.79 Å². The zero-order valence-electron chi connectivity index (χ0n) is 16.1. The van der Waals surface area contributed by atoms with Gasteiger partial charge in [-0.25, -0.2) is 9.97 Å². The molecule has 2 aromatic carbocycles. The molecular weight excluding hydrogens is 455 g/mol. The van der Waals surface area contributed by atoms with Crippen molar-refractivity contribution >= 4 is 57.6 Å². The fraction of sp³-hybridized carbons (Fsp3) is 0.0909. The van der Waals surface area contributed by atoms with Crippen LogP contribution in [0, 0.1) is 0 Å². The predicted octanol–water partition coefficient (Wildman–Crippen LogP) is 4.88. The number of hydrogen-bond acceptors (Lipinski definition) is 5. The average Bonchev–Trinajstić information content (AvgIpc) is 2.77. The molecule has 1 amide bonds.